The highest BCUT2D eigenvalue weighted by Gasteiger charge is 2.27. The van der Waals surface area contributed by atoms with Crippen molar-refractivity contribution in [2.24, 2.45) is 0 Å². The Balaban J connectivity index is 1.70. The summed E-state index contributed by atoms with van der Waals surface area (Å²) in [6.07, 6.45) is 2.18. The summed E-state index contributed by atoms with van der Waals surface area (Å²) in [5.74, 6) is 0.200. The van der Waals surface area contributed by atoms with Gasteiger partial charge in [-0.1, -0.05) is 18.2 Å². The summed E-state index contributed by atoms with van der Waals surface area (Å²) in [6, 6.07) is 12.8. The van der Waals surface area contributed by atoms with E-state index in [1.165, 1.54) is 0 Å². The molecular weight excluding hydrogens is 338 g/mol. The number of sulfone groups is 1. The first-order valence-corrected chi connectivity index (χ1v) is 10.1. The molecule has 0 aliphatic carbocycles. The summed E-state index contributed by atoms with van der Waals surface area (Å²) < 4.78 is 23.0. The number of rotatable bonds is 5. The van der Waals surface area contributed by atoms with Crippen LogP contribution in [-0.2, 0) is 9.84 Å². The van der Waals surface area contributed by atoms with Gasteiger partial charge < -0.3 is 10.2 Å². The second-order valence-electron chi connectivity index (χ2n) is 6.06. The zero-order valence-corrected chi connectivity index (χ0v) is 14.9. The number of pyridine rings is 1. The van der Waals surface area contributed by atoms with Crippen LogP contribution in [0.15, 0.2) is 48.7 Å². The molecule has 132 valence electrons. The van der Waals surface area contributed by atoms with Gasteiger partial charge in [-0.25, -0.2) is 13.4 Å². The van der Waals surface area contributed by atoms with Crippen LogP contribution in [0.3, 0.4) is 0 Å². The summed E-state index contributed by atoms with van der Waals surface area (Å²) in [4.78, 5) is 18.6. The van der Waals surface area contributed by atoms with Crippen LogP contribution >= 0.6 is 0 Å². The van der Waals surface area contributed by atoms with E-state index in [9.17, 15) is 13.2 Å². The number of hydrogen-bond donors (Lipinski definition) is 1. The lowest BCUT2D eigenvalue weighted by Gasteiger charge is -2.20. The van der Waals surface area contributed by atoms with Gasteiger partial charge in [-0.05, 0) is 37.6 Å². The van der Waals surface area contributed by atoms with Gasteiger partial charge in [-0.3, -0.25) is 4.79 Å². The molecule has 0 bridgehead atoms. The van der Waals surface area contributed by atoms with Crippen molar-refractivity contribution in [1.29, 1.82) is 0 Å². The number of nitrogens with zero attached hydrogens (tertiary/aromatic N) is 2. The second kappa shape index (κ2) is 7.23. The van der Waals surface area contributed by atoms with E-state index in [1.807, 2.05) is 37.3 Å². The molecule has 0 saturated carbocycles. The summed E-state index contributed by atoms with van der Waals surface area (Å²) in [7, 11) is -2.93. The number of para-hydroxylation sites is 1. The van der Waals surface area contributed by atoms with E-state index < -0.39 is 9.84 Å². The van der Waals surface area contributed by atoms with Crippen LogP contribution in [0.5, 0.6) is 0 Å². The number of anilines is 2. The lowest BCUT2D eigenvalue weighted by Crippen LogP contribution is -2.31. The third kappa shape index (κ3) is 4.17. The van der Waals surface area contributed by atoms with E-state index >= 15 is 0 Å². The Morgan fingerprint density at radius 3 is 2.56 bits per heavy atom. The van der Waals surface area contributed by atoms with Crippen LogP contribution < -0.4 is 10.2 Å². The molecule has 1 fully saturated rings. The first-order chi connectivity index (χ1) is 12.0. The molecule has 0 radical (unpaired) electrons. The van der Waals surface area contributed by atoms with Gasteiger partial charge in [-0.15, -0.1) is 0 Å². The molecule has 1 aliphatic heterocycles. The number of carbonyl (C=O) groups excluding carboxylic acids is 1. The molecule has 1 aromatic heterocycles. The topological polar surface area (TPSA) is 79.4 Å². The van der Waals surface area contributed by atoms with Crippen molar-refractivity contribution in [3.05, 3.63) is 54.4 Å². The fourth-order valence-electron chi connectivity index (χ4n) is 2.94. The number of aromatic nitrogens is 1. The van der Waals surface area contributed by atoms with Crippen LogP contribution in [0.1, 0.15) is 23.8 Å². The van der Waals surface area contributed by atoms with Gasteiger partial charge in [0.25, 0.3) is 5.91 Å². The molecule has 25 heavy (non-hydrogen) atoms. The Kier molecular flexibility index (Phi) is 5.03. The van der Waals surface area contributed by atoms with Gasteiger partial charge in [-0.2, -0.15) is 0 Å². The average molecular weight is 359 g/mol. The smallest absolute Gasteiger partial charge is 0.276 e. The number of nitrogens with one attached hydrogen (secondary N) is 1. The Labute approximate surface area is 147 Å². The van der Waals surface area contributed by atoms with Gasteiger partial charge in [0.2, 0.25) is 0 Å². The van der Waals surface area contributed by atoms with Crippen LogP contribution in [-0.4, -0.2) is 43.4 Å². The Bertz CT molecular complexity index is 836. The Morgan fingerprint density at radius 2 is 2.00 bits per heavy atom. The standard InChI is InChI=1S/C18H21N3O3S/c1-2-21(16-6-4-3-5-7-16)18(22)17-9-8-14(12-19-17)20-15-10-11-25(23,24)13-15/h3-9,12,15,20H,2,10-11,13H2,1H3. The first-order valence-electron chi connectivity index (χ1n) is 8.28. The van der Waals surface area contributed by atoms with E-state index in [2.05, 4.69) is 10.3 Å². The van der Waals surface area contributed by atoms with E-state index in [4.69, 9.17) is 0 Å². The predicted octanol–water partition coefficient (Wildman–Crippen LogP) is 2.35. The highest BCUT2D eigenvalue weighted by Crippen LogP contribution is 2.19. The second-order valence-corrected chi connectivity index (χ2v) is 8.29. The van der Waals surface area contributed by atoms with Crippen molar-refractivity contribution in [1.82, 2.24) is 4.98 Å². The normalized spacial score (nSPS) is 18.7. The maximum Gasteiger partial charge on any atom is 0.276 e. The largest absolute Gasteiger partial charge is 0.380 e. The Hall–Kier alpha value is -2.41. The molecule has 1 atom stereocenters. The van der Waals surface area contributed by atoms with E-state index in [-0.39, 0.29) is 23.5 Å². The fourth-order valence-corrected chi connectivity index (χ4v) is 4.61. The fraction of sp³-hybridized carbons (Fsp3) is 0.333. The number of hydrogen-bond acceptors (Lipinski definition) is 5. The highest BCUT2D eigenvalue weighted by molar-refractivity contribution is 7.91. The van der Waals surface area contributed by atoms with Crippen LogP contribution in [0.2, 0.25) is 0 Å². The van der Waals surface area contributed by atoms with Crippen LogP contribution in [0.4, 0.5) is 11.4 Å². The third-order valence-electron chi connectivity index (χ3n) is 4.22. The summed E-state index contributed by atoms with van der Waals surface area (Å²) >= 11 is 0. The summed E-state index contributed by atoms with van der Waals surface area (Å²) in [5.41, 5.74) is 1.91. The van der Waals surface area contributed by atoms with Crippen LogP contribution in [0, 0.1) is 0 Å². The molecule has 2 heterocycles. The van der Waals surface area contributed by atoms with Gasteiger partial charge in [0, 0.05) is 18.3 Å². The molecule has 0 spiro atoms. The number of amides is 1. The van der Waals surface area contributed by atoms with Crippen molar-refractivity contribution in [2.45, 2.75) is 19.4 Å². The minimum atomic E-state index is -2.93. The molecule has 1 aromatic carbocycles. The van der Waals surface area contributed by atoms with Crippen molar-refractivity contribution in [3.8, 4) is 0 Å². The monoisotopic (exact) mass is 359 g/mol. The molecule has 1 saturated heterocycles. The summed E-state index contributed by atoms with van der Waals surface area (Å²) in [5, 5.41) is 3.17. The lowest BCUT2D eigenvalue weighted by atomic mass is 10.2. The van der Waals surface area contributed by atoms with Gasteiger partial charge >= 0.3 is 0 Å². The van der Waals surface area contributed by atoms with Crippen molar-refractivity contribution < 1.29 is 13.2 Å². The zero-order chi connectivity index (χ0) is 17.9. The van der Waals surface area contributed by atoms with Gasteiger partial charge in [0.1, 0.15) is 5.69 Å². The molecule has 7 heteroatoms. The van der Waals surface area contributed by atoms with Gasteiger partial charge in [0.15, 0.2) is 9.84 Å². The average Bonchev–Trinajstić information content (AvgIpc) is 2.95. The van der Waals surface area contributed by atoms with Crippen molar-refractivity contribution in [2.75, 3.05) is 28.3 Å². The zero-order valence-electron chi connectivity index (χ0n) is 14.1. The predicted molar refractivity (Wildman–Crippen MR) is 98.7 cm³/mol. The molecule has 3 rings (SSSR count). The van der Waals surface area contributed by atoms with Crippen molar-refractivity contribution >= 4 is 27.1 Å². The quantitative estimate of drug-likeness (QED) is 0.886. The van der Waals surface area contributed by atoms with Crippen LogP contribution in [0.25, 0.3) is 0 Å². The number of carbonyl (C=O) groups is 1. The maximum atomic E-state index is 12.7. The first kappa shape index (κ1) is 17.4. The highest BCUT2D eigenvalue weighted by atomic mass is 32.2. The van der Waals surface area contributed by atoms with E-state index in [0.717, 1.165) is 11.4 Å². The molecule has 1 unspecified atom stereocenters. The minimum Gasteiger partial charge on any atom is -0.380 e. The molecule has 1 amide bonds. The van der Waals surface area contributed by atoms with E-state index in [1.54, 1.807) is 23.2 Å². The molecule has 1 N–H and O–H groups in total. The molecular formula is C18H21N3O3S. The third-order valence-corrected chi connectivity index (χ3v) is 5.98. The SMILES string of the molecule is CCN(C(=O)c1ccc(NC2CCS(=O)(=O)C2)cn1)c1ccccc1. The summed E-state index contributed by atoms with van der Waals surface area (Å²) in [6.45, 7) is 2.46. The van der Waals surface area contributed by atoms with Crippen molar-refractivity contribution in [3.63, 3.8) is 0 Å². The molecule has 2 aromatic rings. The van der Waals surface area contributed by atoms with E-state index in [0.29, 0.717) is 18.7 Å². The molecule has 6 nitrogen and oxygen atoms in total. The lowest BCUT2D eigenvalue weighted by molar-refractivity contribution is 0.0983. The number of benzene rings is 1. The minimum absolute atomic E-state index is 0.0928. The Morgan fingerprint density at radius 1 is 1.24 bits per heavy atom. The maximum absolute atomic E-state index is 12.7. The van der Waals surface area contributed by atoms with Gasteiger partial charge in [0.05, 0.1) is 23.4 Å². The molecule has 1 aliphatic rings.